The van der Waals surface area contributed by atoms with Gasteiger partial charge in [-0.1, -0.05) is 45.0 Å². The van der Waals surface area contributed by atoms with Crippen LogP contribution < -0.4 is 5.32 Å². The van der Waals surface area contributed by atoms with Crippen molar-refractivity contribution in [2.24, 2.45) is 5.92 Å². The van der Waals surface area contributed by atoms with Gasteiger partial charge in [0.15, 0.2) is 0 Å². The average Bonchev–Trinajstić information content (AvgIpc) is 2.93. The first-order valence-corrected chi connectivity index (χ1v) is 7.55. The molecule has 1 aromatic carbocycles. The Morgan fingerprint density at radius 3 is 2.65 bits per heavy atom. The van der Waals surface area contributed by atoms with Crippen molar-refractivity contribution < 1.29 is 4.42 Å². The Hall–Kier alpha value is -1.54. The Balaban J connectivity index is 2.24. The Bertz CT molecular complexity index is 502. The maximum atomic E-state index is 5.25. The van der Waals surface area contributed by atoms with E-state index < -0.39 is 0 Å². The number of hydrogen-bond donors (Lipinski definition) is 1. The van der Waals surface area contributed by atoms with E-state index in [-0.39, 0.29) is 6.04 Å². The summed E-state index contributed by atoms with van der Waals surface area (Å²) in [6.07, 6.45) is 5.83. The molecule has 0 aliphatic rings. The van der Waals surface area contributed by atoms with E-state index in [1.807, 2.05) is 12.3 Å². The fourth-order valence-corrected chi connectivity index (χ4v) is 2.53. The number of nitrogens with one attached hydrogen (secondary N) is 1. The minimum Gasteiger partial charge on any atom is -0.472 e. The van der Waals surface area contributed by atoms with E-state index >= 15 is 0 Å². The minimum atomic E-state index is 0.223. The van der Waals surface area contributed by atoms with Gasteiger partial charge in [0.1, 0.15) is 0 Å². The lowest BCUT2D eigenvalue weighted by atomic mass is 9.95. The van der Waals surface area contributed by atoms with Crippen molar-refractivity contribution in [3.05, 3.63) is 59.5 Å². The van der Waals surface area contributed by atoms with Gasteiger partial charge in [-0.2, -0.15) is 0 Å². The van der Waals surface area contributed by atoms with E-state index in [4.69, 9.17) is 4.42 Å². The molecule has 2 nitrogen and oxygen atoms in total. The van der Waals surface area contributed by atoms with E-state index in [0.717, 1.165) is 19.4 Å². The smallest absolute Gasteiger partial charge is 0.0953 e. The molecule has 1 aromatic heterocycles. The lowest BCUT2D eigenvalue weighted by molar-refractivity contribution is 0.548. The summed E-state index contributed by atoms with van der Waals surface area (Å²) in [7, 11) is 0. The second kappa shape index (κ2) is 7.30. The number of hydrogen-bond acceptors (Lipinski definition) is 2. The largest absolute Gasteiger partial charge is 0.472 e. The predicted octanol–water partition coefficient (Wildman–Crippen LogP) is 4.57. The van der Waals surface area contributed by atoms with Crippen LogP contribution in [0, 0.1) is 5.92 Å². The second-order valence-electron chi connectivity index (χ2n) is 5.79. The van der Waals surface area contributed by atoms with Gasteiger partial charge in [-0.25, -0.2) is 0 Å². The van der Waals surface area contributed by atoms with E-state index in [1.54, 1.807) is 6.26 Å². The Morgan fingerprint density at radius 1 is 1.15 bits per heavy atom. The summed E-state index contributed by atoms with van der Waals surface area (Å²) in [4.78, 5) is 0. The first kappa shape index (κ1) is 14.9. The van der Waals surface area contributed by atoms with Crippen LogP contribution in [0.2, 0.25) is 0 Å². The van der Waals surface area contributed by atoms with Gasteiger partial charge in [0.05, 0.1) is 18.6 Å². The molecular formula is C18H25NO. The summed E-state index contributed by atoms with van der Waals surface area (Å²) >= 11 is 0. The van der Waals surface area contributed by atoms with Crippen LogP contribution in [0.15, 0.2) is 47.3 Å². The van der Waals surface area contributed by atoms with E-state index in [0.29, 0.717) is 5.92 Å². The van der Waals surface area contributed by atoms with Crippen molar-refractivity contribution in [1.82, 2.24) is 5.32 Å². The Morgan fingerprint density at radius 2 is 2.00 bits per heavy atom. The highest BCUT2D eigenvalue weighted by Gasteiger charge is 2.14. The fourth-order valence-electron chi connectivity index (χ4n) is 2.53. The van der Waals surface area contributed by atoms with Crippen LogP contribution in [-0.2, 0) is 6.42 Å². The first-order valence-electron chi connectivity index (χ1n) is 7.55. The SMILES string of the molecule is CCCNC(c1ccoc1)c1cccc(CC(C)C)c1. The third-order valence-corrected chi connectivity index (χ3v) is 3.40. The standard InChI is InChI=1S/C18H25NO/c1-4-9-19-18(17-8-10-20-13-17)16-7-5-6-15(12-16)11-14(2)3/h5-8,10,12-14,18-19H,4,9,11H2,1-3H3. The summed E-state index contributed by atoms with van der Waals surface area (Å²) in [5, 5.41) is 3.61. The van der Waals surface area contributed by atoms with Crippen LogP contribution in [0.4, 0.5) is 0 Å². The second-order valence-corrected chi connectivity index (χ2v) is 5.79. The molecule has 1 unspecified atom stereocenters. The molecule has 0 radical (unpaired) electrons. The number of furan rings is 1. The highest BCUT2D eigenvalue weighted by atomic mass is 16.3. The molecule has 0 fully saturated rings. The van der Waals surface area contributed by atoms with Crippen LogP contribution in [0.5, 0.6) is 0 Å². The quantitative estimate of drug-likeness (QED) is 0.798. The molecule has 108 valence electrons. The molecule has 1 N–H and O–H groups in total. The van der Waals surface area contributed by atoms with Crippen molar-refractivity contribution in [1.29, 1.82) is 0 Å². The van der Waals surface area contributed by atoms with Gasteiger partial charge in [-0.05, 0) is 42.5 Å². The summed E-state index contributed by atoms with van der Waals surface area (Å²) in [5.41, 5.74) is 3.92. The van der Waals surface area contributed by atoms with E-state index in [9.17, 15) is 0 Å². The Kier molecular flexibility index (Phi) is 5.42. The first-order chi connectivity index (χ1) is 9.70. The summed E-state index contributed by atoms with van der Waals surface area (Å²) < 4.78 is 5.25. The molecule has 20 heavy (non-hydrogen) atoms. The highest BCUT2D eigenvalue weighted by molar-refractivity contribution is 5.33. The van der Waals surface area contributed by atoms with E-state index in [2.05, 4.69) is 50.4 Å². The van der Waals surface area contributed by atoms with Crippen molar-refractivity contribution in [3.63, 3.8) is 0 Å². The molecular weight excluding hydrogens is 246 g/mol. The van der Waals surface area contributed by atoms with Gasteiger partial charge in [0.2, 0.25) is 0 Å². The molecule has 0 spiro atoms. The van der Waals surface area contributed by atoms with Crippen molar-refractivity contribution in [3.8, 4) is 0 Å². The lowest BCUT2D eigenvalue weighted by Crippen LogP contribution is -2.22. The van der Waals surface area contributed by atoms with Crippen molar-refractivity contribution in [2.75, 3.05) is 6.54 Å². The van der Waals surface area contributed by atoms with Crippen LogP contribution in [-0.4, -0.2) is 6.54 Å². The molecule has 2 rings (SSSR count). The molecule has 0 saturated carbocycles. The predicted molar refractivity (Wildman–Crippen MR) is 83.8 cm³/mol. The van der Waals surface area contributed by atoms with Crippen molar-refractivity contribution in [2.45, 2.75) is 39.7 Å². The van der Waals surface area contributed by atoms with Crippen LogP contribution >= 0.6 is 0 Å². The number of rotatable bonds is 7. The normalized spacial score (nSPS) is 12.8. The molecule has 0 amide bonds. The van der Waals surface area contributed by atoms with Gasteiger partial charge in [-0.3, -0.25) is 0 Å². The monoisotopic (exact) mass is 271 g/mol. The van der Waals surface area contributed by atoms with Gasteiger partial charge in [0.25, 0.3) is 0 Å². The zero-order chi connectivity index (χ0) is 14.4. The molecule has 2 heteroatoms. The van der Waals surface area contributed by atoms with Crippen LogP contribution in [0.1, 0.15) is 49.9 Å². The molecule has 0 aliphatic heterocycles. The van der Waals surface area contributed by atoms with Crippen LogP contribution in [0.25, 0.3) is 0 Å². The molecule has 0 saturated heterocycles. The summed E-state index contributed by atoms with van der Waals surface area (Å²) in [6.45, 7) is 7.71. The third kappa shape index (κ3) is 3.97. The molecule has 1 heterocycles. The van der Waals surface area contributed by atoms with E-state index in [1.165, 1.54) is 16.7 Å². The van der Waals surface area contributed by atoms with Gasteiger partial charge in [-0.15, -0.1) is 0 Å². The average molecular weight is 271 g/mol. The minimum absolute atomic E-state index is 0.223. The maximum Gasteiger partial charge on any atom is 0.0953 e. The lowest BCUT2D eigenvalue weighted by Gasteiger charge is -2.19. The van der Waals surface area contributed by atoms with Crippen LogP contribution in [0.3, 0.4) is 0 Å². The number of benzene rings is 1. The molecule has 1 atom stereocenters. The van der Waals surface area contributed by atoms with Gasteiger partial charge < -0.3 is 9.73 Å². The topological polar surface area (TPSA) is 25.2 Å². The zero-order valence-electron chi connectivity index (χ0n) is 12.7. The van der Waals surface area contributed by atoms with Gasteiger partial charge in [0, 0.05) is 5.56 Å². The van der Waals surface area contributed by atoms with Crippen molar-refractivity contribution >= 4 is 0 Å². The fraction of sp³-hybridized carbons (Fsp3) is 0.444. The Labute approximate surface area is 122 Å². The molecule has 0 aliphatic carbocycles. The molecule has 2 aromatic rings. The zero-order valence-corrected chi connectivity index (χ0v) is 12.7. The van der Waals surface area contributed by atoms with Gasteiger partial charge >= 0.3 is 0 Å². The maximum absolute atomic E-state index is 5.25. The third-order valence-electron chi connectivity index (χ3n) is 3.40. The summed E-state index contributed by atoms with van der Waals surface area (Å²) in [6, 6.07) is 11.2. The summed E-state index contributed by atoms with van der Waals surface area (Å²) in [5.74, 6) is 0.682. The highest BCUT2D eigenvalue weighted by Crippen LogP contribution is 2.24. The molecule has 0 bridgehead atoms.